The fourth-order valence-corrected chi connectivity index (χ4v) is 4.11. The van der Waals surface area contributed by atoms with Gasteiger partial charge in [0.05, 0.1) is 5.02 Å². The van der Waals surface area contributed by atoms with E-state index in [-0.39, 0.29) is 26.0 Å². The Bertz CT molecular complexity index is 730. The Balaban J connectivity index is 2.68. The molecule has 2 N–H and O–H groups in total. The van der Waals surface area contributed by atoms with E-state index in [2.05, 4.69) is 10.1 Å². The van der Waals surface area contributed by atoms with Gasteiger partial charge < -0.3 is 5.73 Å². The minimum absolute atomic E-state index is 0.0468. The van der Waals surface area contributed by atoms with E-state index in [9.17, 15) is 8.42 Å². The molecule has 0 spiro atoms. The smallest absolute Gasteiger partial charge is 0.287 e. The summed E-state index contributed by atoms with van der Waals surface area (Å²) in [7, 11) is -3.99. The van der Waals surface area contributed by atoms with Gasteiger partial charge in [0.25, 0.3) is 10.0 Å². The number of aromatic nitrogens is 3. The van der Waals surface area contributed by atoms with E-state index >= 15 is 0 Å². The van der Waals surface area contributed by atoms with Crippen molar-refractivity contribution in [2.24, 2.45) is 0 Å². The zero-order chi connectivity index (χ0) is 14.2. The number of rotatable bonds is 3. The summed E-state index contributed by atoms with van der Waals surface area (Å²) in [5.41, 5.74) is 5.42. The summed E-state index contributed by atoms with van der Waals surface area (Å²) in [4.78, 5) is 3.66. The predicted octanol–water partition coefficient (Wildman–Crippen LogP) is 2.13. The van der Waals surface area contributed by atoms with Crippen LogP contribution in [0.15, 0.2) is 28.3 Å². The van der Waals surface area contributed by atoms with E-state index in [0.717, 1.165) is 15.8 Å². The third kappa shape index (κ3) is 2.66. The van der Waals surface area contributed by atoms with E-state index in [0.29, 0.717) is 0 Å². The molecule has 102 valence electrons. The third-order valence-electron chi connectivity index (χ3n) is 2.15. The number of nitrogens with zero attached hydrogens (tertiary/aromatic N) is 3. The number of thioether (sulfide) groups is 1. The van der Waals surface area contributed by atoms with Crippen molar-refractivity contribution in [3.05, 3.63) is 28.2 Å². The van der Waals surface area contributed by atoms with Crippen LogP contribution in [0.3, 0.4) is 0 Å². The Morgan fingerprint density at radius 1 is 1.37 bits per heavy atom. The fourth-order valence-electron chi connectivity index (χ4n) is 1.35. The van der Waals surface area contributed by atoms with Crippen LogP contribution in [0.4, 0.5) is 5.95 Å². The van der Waals surface area contributed by atoms with Gasteiger partial charge in [0.1, 0.15) is 4.90 Å². The van der Waals surface area contributed by atoms with Crippen LogP contribution >= 0.6 is 35.0 Å². The Labute approximate surface area is 124 Å². The molecule has 6 nitrogen and oxygen atoms in total. The lowest BCUT2D eigenvalue weighted by atomic mass is 10.4. The SMILES string of the molecule is CSc1nc(N)nn1S(=O)(=O)c1cc(Cl)ccc1Cl. The minimum atomic E-state index is -3.99. The van der Waals surface area contributed by atoms with Crippen LogP contribution in [0.25, 0.3) is 0 Å². The summed E-state index contributed by atoms with van der Waals surface area (Å²) in [5, 5.41) is 4.12. The van der Waals surface area contributed by atoms with Crippen LogP contribution in [0.1, 0.15) is 0 Å². The number of anilines is 1. The zero-order valence-corrected chi connectivity index (χ0v) is 12.7. The molecule has 19 heavy (non-hydrogen) atoms. The van der Waals surface area contributed by atoms with Crippen molar-refractivity contribution in [2.45, 2.75) is 10.1 Å². The van der Waals surface area contributed by atoms with Gasteiger partial charge in [-0.05, 0) is 24.5 Å². The highest BCUT2D eigenvalue weighted by atomic mass is 35.5. The van der Waals surface area contributed by atoms with Gasteiger partial charge in [0.15, 0.2) is 0 Å². The first-order valence-electron chi connectivity index (χ1n) is 4.83. The van der Waals surface area contributed by atoms with E-state index < -0.39 is 10.0 Å². The summed E-state index contributed by atoms with van der Waals surface area (Å²) >= 11 is 12.8. The molecule has 0 aliphatic carbocycles. The van der Waals surface area contributed by atoms with Gasteiger partial charge in [0, 0.05) is 5.02 Å². The predicted molar refractivity (Wildman–Crippen MR) is 75.3 cm³/mol. The Hall–Kier alpha value is -0.960. The average molecular weight is 339 g/mol. The van der Waals surface area contributed by atoms with Crippen LogP contribution in [-0.4, -0.2) is 28.8 Å². The van der Waals surface area contributed by atoms with Crippen molar-refractivity contribution in [3.63, 3.8) is 0 Å². The number of hydrogen-bond acceptors (Lipinski definition) is 6. The standard InChI is InChI=1S/C9H8Cl2N4O2S2/c1-18-9-13-8(12)14-15(9)19(16,17)7-4-5(10)2-3-6(7)11/h2-4H,1H3,(H2,12,14). The van der Waals surface area contributed by atoms with Gasteiger partial charge >= 0.3 is 0 Å². The molecule has 1 aromatic carbocycles. The van der Waals surface area contributed by atoms with Crippen LogP contribution in [0, 0.1) is 0 Å². The number of hydrogen-bond donors (Lipinski definition) is 1. The lowest BCUT2D eigenvalue weighted by Gasteiger charge is -2.07. The van der Waals surface area contributed by atoms with Crippen LogP contribution in [-0.2, 0) is 10.0 Å². The summed E-state index contributed by atoms with van der Waals surface area (Å²) in [6, 6.07) is 4.14. The van der Waals surface area contributed by atoms with Crippen LogP contribution < -0.4 is 5.73 Å². The summed E-state index contributed by atoms with van der Waals surface area (Å²) in [6.07, 6.45) is 1.66. The lowest BCUT2D eigenvalue weighted by Crippen LogP contribution is -2.16. The molecule has 1 aromatic heterocycles. The summed E-state index contributed by atoms with van der Waals surface area (Å²) in [6.45, 7) is 0. The van der Waals surface area contributed by atoms with Gasteiger partial charge in [-0.1, -0.05) is 35.0 Å². The van der Waals surface area contributed by atoms with Gasteiger partial charge in [-0.25, -0.2) is 0 Å². The summed E-state index contributed by atoms with van der Waals surface area (Å²) in [5.74, 6) is -0.133. The van der Waals surface area contributed by atoms with Gasteiger partial charge in [0.2, 0.25) is 11.1 Å². The van der Waals surface area contributed by atoms with Gasteiger partial charge in [-0.3, -0.25) is 0 Å². The molecule has 0 bridgehead atoms. The molecule has 0 amide bonds. The van der Waals surface area contributed by atoms with Crippen molar-refractivity contribution < 1.29 is 8.42 Å². The molecule has 0 aliphatic heterocycles. The maximum atomic E-state index is 12.4. The second kappa shape index (κ2) is 5.20. The normalized spacial score (nSPS) is 11.7. The van der Waals surface area contributed by atoms with Crippen molar-refractivity contribution in [1.29, 1.82) is 0 Å². The number of benzene rings is 1. The molecule has 0 aliphatic rings. The molecule has 1 heterocycles. The Morgan fingerprint density at radius 2 is 2.05 bits per heavy atom. The zero-order valence-electron chi connectivity index (χ0n) is 9.54. The molecule has 0 atom stereocenters. The molecular formula is C9H8Cl2N4O2S2. The van der Waals surface area contributed by atoms with Gasteiger partial charge in [-0.15, -0.1) is 9.19 Å². The molecule has 10 heteroatoms. The Morgan fingerprint density at radius 3 is 2.68 bits per heavy atom. The van der Waals surface area contributed by atoms with Crippen molar-refractivity contribution in [3.8, 4) is 0 Å². The van der Waals surface area contributed by atoms with E-state index in [1.54, 1.807) is 6.26 Å². The number of halogens is 2. The van der Waals surface area contributed by atoms with Crippen molar-refractivity contribution in [2.75, 3.05) is 12.0 Å². The first kappa shape index (κ1) is 14.4. The minimum Gasteiger partial charge on any atom is -0.366 e. The lowest BCUT2D eigenvalue weighted by molar-refractivity contribution is 0.573. The monoisotopic (exact) mass is 338 g/mol. The molecular weight excluding hydrogens is 331 g/mol. The summed E-state index contributed by atoms with van der Waals surface area (Å²) < 4.78 is 25.6. The van der Waals surface area contributed by atoms with E-state index in [4.69, 9.17) is 28.9 Å². The number of nitrogens with two attached hydrogens (primary N) is 1. The van der Waals surface area contributed by atoms with Gasteiger partial charge in [-0.2, -0.15) is 13.4 Å². The molecule has 0 radical (unpaired) electrons. The quantitative estimate of drug-likeness (QED) is 0.862. The van der Waals surface area contributed by atoms with Crippen molar-refractivity contribution >= 4 is 50.9 Å². The van der Waals surface area contributed by atoms with E-state index in [1.165, 1.54) is 18.2 Å². The maximum Gasteiger partial charge on any atom is 0.287 e. The van der Waals surface area contributed by atoms with Crippen LogP contribution in [0.2, 0.25) is 10.0 Å². The average Bonchev–Trinajstić information content (AvgIpc) is 2.74. The first-order chi connectivity index (χ1) is 8.86. The topological polar surface area (TPSA) is 90.9 Å². The van der Waals surface area contributed by atoms with E-state index in [1.807, 2.05) is 0 Å². The molecule has 0 saturated heterocycles. The largest absolute Gasteiger partial charge is 0.366 e. The molecule has 2 rings (SSSR count). The highest BCUT2D eigenvalue weighted by molar-refractivity contribution is 7.99. The maximum absolute atomic E-state index is 12.4. The number of nitrogen functional groups attached to an aromatic ring is 1. The fraction of sp³-hybridized carbons (Fsp3) is 0.111. The second-order valence-corrected chi connectivity index (χ2v) is 6.73. The molecule has 0 unspecified atom stereocenters. The molecule has 0 saturated carbocycles. The first-order valence-corrected chi connectivity index (χ1v) is 8.25. The Kier molecular flexibility index (Phi) is 3.95. The highest BCUT2D eigenvalue weighted by Crippen LogP contribution is 2.28. The molecule has 0 fully saturated rings. The van der Waals surface area contributed by atoms with Crippen molar-refractivity contribution in [1.82, 2.24) is 14.2 Å². The second-order valence-electron chi connectivity index (χ2n) is 3.38. The van der Waals surface area contributed by atoms with Crippen LogP contribution in [0.5, 0.6) is 0 Å². The third-order valence-corrected chi connectivity index (χ3v) is 5.17. The highest BCUT2D eigenvalue weighted by Gasteiger charge is 2.25. The molecule has 2 aromatic rings.